The molecule has 144 valence electrons. The van der Waals surface area contributed by atoms with E-state index in [2.05, 4.69) is 20.8 Å². The molecule has 0 bridgehead atoms. The van der Waals surface area contributed by atoms with Gasteiger partial charge in [0.25, 0.3) is 5.69 Å². The summed E-state index contributed by atoms with van der Waals surface area (Å²) in [7, 11) is 0. The molecule has 2 N–H and O–H groups in total. The molecule has 1 amide bonds. The molecule has 0 saturated carbocycles. The van der Waals surface area contributed by atoms with Gasteiger partial charge in [0.15, 0.2) is 4.34 Å². The lowest BCUT2D eigenvalue weighted by Crippen LogP contribution is -2.16. The molecule has 2 aromatic rings. The molecule has 10 nitrogen and oxygen atoms in total. The maximum Gasteiger partial charge on any atom is 0.316 e. The summed E-state index contributed by atoms with van der Waals surface area (Å²) in [5, 5.41) is 24.4. The Morgan fingerprint density at radius 1 is 1.33 bits per heavy atom. The lowest BCUT2D eigenvalue weighted by atomic mass is 10.2. The molecule has 27 heavy (non-hydrogen) atoms. The quantitative estimate of drug-likeness (QED) is 0.199. The Bertz CT molecular complexity index is 813. The summed E-state index contributed by atoms with van der Waals surface area (Å²) in [4.78, 5) is 33.7. The number of esters is 1. The Labute approximate surface area is 162 Å². The smallest absolute Gasteiger partial charge is 0.316 e. The lowest BCUT2D eigenvalue weighted by molar-refractivity contribution is -0.384. The number of rotatable bonds is 10. The number of nitrogens with one attached hydrogen (secondary N) is 2. The van der Waals surface area contributed by atoms with E-state index in [1.54, 1.807) is 25.1 Å². The van der Waals surface area contributed by atoms with Gasteiger partial charge in [-0.3, -0.25) is 19.7 Å². The number of nitro groups is 1. The fourth-order valence-electron chi connectivity index (χ4n) is 1.92. The molecular weight excluding hydrogens is 394 g/mol. The zero-order valence-corrected chi connectivity index (χ0v) is 16.0. The fraction of sp³-hybridized carbons (Fsp3) is 0.333. The molecule has 0 fully saturated rings. The van der Waals surface area contributed by atoms with Crippen LogP contribution in [-0.4, -0.2) is 45.9 Å². The van der Waals surface area contributed by atoms with Gasteiger partial charge in [0, 0.05) is 19.0 Å². The number of anilines is 2. The third-order valence-electron chi connectivity index (χ3n) is 3.04. The van der Waals surface area contributed by atoms with E-state index < -0.39 is 4.92 Å². The minimum atomic E-state index is -0.487. The molecule has 0 aliphatic heterocycles. The number of nitrogens with zero attached hydrogens (tertiary/aromatic N) is 3. The van der Waals surface area contributed by atoms with E-state index in [9.17, 15) is 19.7 Å². The molecule has 12 heteroatoms. The van der Waals surface area contributed by atoms with Gasteiger partial charge < -0.3 is 15.4 Å². The van der Waals surface area contributed by atoms with Crippen LogP contribution in [0.1, 0.15) is 13.3 Å². The average molecular weight is 411 g/mol. The van der Waals surface area contributed by atoms with E-state index in [0.717, 1.165) is 11.3 Å². The zero-order valence-electron chi connectivity index (χ0n) is 14.3. The van der Waals surface area contributed by atoms with Gasteiger partial charge in [-0.15, -0.1) is 10.2 Å². The number of hydrogen-bond donors (Lipinski definition) is 2. The van der Waals surface area contributed by atoms with Crippen molar-refractivity contribution < 1.29 is 19.2 Å². The minimum Gasteiger partial charge on any atom is -0.465 e. The van der Waals surface area contributed by atoms with Crippen LogP contribution in [0, 0.1) is 10.1 Å². The van der Waals surface area contributed by atoms with Crippen molar-refractivity contribution in [1.82, 2.24) is 10.2 Å². The Hall–Kier alpha value is -2.73. The number of carbonyl (C=O) groups excluding carboxylic acids is 2. The summed E-state index contributed by atoms with van der Waals surface area (Å²) in [5.74, 6) is -0.528. The average Bonchev–Trinajstić information content (AvgIpc) is 3.08. The molecule has 0 saturated heterocycles. The van der Waals surface area contributed by atoms with E-state index in [-0.39, 0.29) is 36.3 Å². The lowest BCUT2D eigenvalue weighted by Gasteiger charge is -2.06. The van der Waals surface area contributed by atoms with Gasteiger partial charge in [0.05, 0.1) is 17.3 Å². The molecule has 0 aliphatic rings. The second-order valence-electron chi connectivity index (χ2n) is 4.97. The van der Waals surface area contributed by atoms with Crippen LogP contribution >= 0.6 is 23.1 Å². The van der Waals surface area contributed by atoms with E-state index in [1.807, 2.05) is 0 Å². The van der Waals surface area contributed by atoms with Crippen molar-refractivity contribution in [3.05, 3.63) is 34.4 Å². The zero-order chi connectivity index (χ0) is 19.6. The van der Waals surface area contributed by atoms with Gasteiger partial charge in [0.2, 0.25) is 11.0 Å². The summed E-state index contributed by atoms with van der Waals surface area (Å²) in [6.07, 6.45) is 0.0942. The number of benzene rings is 1. The summed E-state index contributed by atoms with van der Waals surface area (Å²) in [6.45, 7) is 2.27. The molecule has 0 aliphatic carbocycles. The summed E-state index contributed by atoms with van der Waals surface area (Å²) in [5.41, 5.74) is 0.300. The topological polar surface area (TPSA) is 136 Å². The van der Waals surface area contributed by atoms with Gasteiger partial charge in [-0.25, -0.2) is 0 Å². The molecule has 2 rings (SSSR count). The number of carbonyl (C=O) groups is 2. The summed E-state index contributed by atoms with van der Waals surface area (Å²) >= 11 is 2.33. The van der Waals surface area contributed by atoms with Crippen LogP contribution in [-0.2, 0) is 14.3 Å². The van der Waals surface area contributed by atoms with Crippen molar-refractivity contribution in [3.8, 4) is 0 Å². The van der Waals surface area contributed by atoms with Crippen LogP contribution < -0.4 is 10.6 Å². The predicted octanol–water partition coefficient (Wildman–Crippen LogP) is 2.54. The second-order valence-corrected chi connectivity index (χ2v) is 7.17. The normalized spacial score (nSPS) is 10.3. The van der Waals surface area contributed by atoms with Gasteiger partial charge in [0.1, 0.15) is 5.69 Å². The summed E-state index contributed by atoms with van der Waals surface area (Å²) < 4.78 is 5.36. The maximum atomic E-state index is 12.0. The van der Waals surface area contributed by atoms with Gasteiger partial charge in [-0.1, -0.05) is 35.2 Å². The Morgan fingerprint density at radius 2 is 2.11 bits per heavy atom. The van der Waals surface area contributed by atoms with Gasteiger partial charge >= 0.3 is 5.97 Å². The van der Waals surface area contributed by atoms with E-state index in [1.165, 1.54) is 17.8 Å². The molecule has 1 aromatic carbocycles. The molecule has 1 aromatic heterocycles. The number of ether oxygens (including phenoxy) is 1. The van der Waals surface area contributed by atoms with Crippen molar-refractivity contribution in [2.24, 2.45) is 0 Å². The number of thioether (sulfide) groups is 1. The van der Waals surface area contributed by atoms with Crippen molar-refractivity contribution in [2.45, 2.75) is 17.7 Å². The SMILES string of the molecule is CCOC(=O)CSc1nnc(NC(=O)CCNc2ccccc2[N+](=O)[O-])s1. The van der Waals surface area contributed by atoms with E-state index in [0.29, 0.717) is 21.8 Å². The van der Waals surface area contributed by atoms with Crippen molar-refractivity contribution >= 4 is 51.5 Å². The first kappa shape index (κ1) is 20.6. The third kappa shape index (κ3) is 6.83. The Morgan fingerprint density at radius 3 is 2.85 bits per heavy atom. The Balaban J connectivity index is 1.76. The minimum absolute atomic E-state index is 0.0507. The van der Waals surface area contributed by atoms with Crippen molar-refractivity contribution in [1.29, 1.82) is 0 Å². The molecular formula is C15H17N5O5S2. The van der Waals surface area contributed by atoms with Crippen LogP contribution in [0.3, 0.4) is 0 Å². The maximum absolute atomic E-state index is 12.0. The number of para-hydroxylation sites is 2. The molecule has 1 heterocycles. The largest absolute Gasteiger partial charge is 0.465 e. The first-order valence-electron chi connectivity index (χ1n) is 7.88. The highest BCUT2D eigenvalue weighted by molar-refractivity contribution is 8.01. The second kappa shape index (κ2) is 10.4. The predicted molar refractivity (Wildman–Crippen MR) is 102 cm³/mol. The van der Waals surface area contributed by atoms with Crippen molar-refractivity contribution in [2.75, 3.05) is 29.5 Å². The monoisotopic (exact) mass is 411 g/mol. The van der Waals surface area contributed by atoms with Crippen molar-refractivity contribution in [3.63, 3.8) is 0 Å². The number of amides is 1. The molecule has 0 unspecified atom stereocenters. The standard InChI is InChI=1S/C15H17N5O5S2/c1-2-25-13(22)9-26-15-19-18-14(27-15)17-12(21)7-8-16-10-5-3-4-6-11(10)20(23)24/h3-6,16H,2,7-9H2,1H3,(H,17,18,21). The number of aromatic nitrogens is 2. The number of nitro benzene ring substituents is 1. The van der Waals surface area contributed by atoms with Gasteiger partial charge in [-0.05, 0) is 13.0 Å². The summed E-state index contributed by atoms with van der Waals surface area (Å²) in [6, 6.07) is 6.21. The fourth-order valence-corrected chi connectivity index (χ4v) is 3.48. The highest BCUT2D eigenvalue weighted by Crippen LogP contribution is 2.26. The first-order valence-corrected chi connectivity index (χ1v) is 9.69. The van der Waals surface area contributed by atoms with Crippen LogP contribution in [0.4, 0.5) is 16.5 Å². The van der Waals surface area contributed by atoms with Crippen LogP contribution in [0.5, 0.6) is 0 Å². The Kier molecular flexibility index (Phi) is 7.95. The van der Waals surface area contributed by atoms with Gasteiger partial charge in [-0.2, -0.15) is 0 Å². The van der Waals surface area contributed by atoms with Crippen LogP contribution in [0.15, 0.2) is 28.6 Å². The molecule has 0 atom stereocenters. The third-order valence-corrected chi connectivity index (χ3v) is 4.99. The van der Waals surface area contributed by atoms with Crippen LogP contribution in [0.2, 0.25) is 0 Å². The molecule has 0 spiro atoms. The highest BCUT2D eigenvalue weighted by atomic mass is 32.2. The van der Waals surface area contributed by atoms with E-state index >= 15 is 0 Å². The first-order chi connectivity index (χ1) is 13.0. The molecule has 0 radical (unpaired) electrons. The van der Waals surface area contributed by atoms with Crippen LogP contribution in [0.25, 0.3) is 0 Å². The highest BCUT2D eigenvalue weighted by Gasteiger charge is 2.13. The number of hydrogen-bond acceptors (Lipinski definition) is 10. The van der Waals surface area contributed by atoms with E-state index in [4.69, 9.17) is 4.74 Å².